The Kier molecular flexibility index (Phi) is 3.53. The van der Waals surface area contributed by atoms with Gasteiger partial charge in [0.15, 0.2) is 9.84 Å². The van der Waals surface area contributed by atoms with Gasteiger partial charge >= 0.3 is 0 Å². The first kappa shape index (κ1) is 12.7. The minimum Gasteiger partial charge on any atom is -0.281 e. The Balaban J connectivity index is 2.09. The molecule has 0 aromatic rings. The van der Waals surface area contributed by atoms with Crippen LogP contribution < -0.4 is 0 Å². The van der Waals surface area contributed by atoms with Gasteiger partial charge in [0, 0.05) is 11.8 Å². The highest BCUT2D eigenvalue weighted by molar-refractivity contribution is 7.92. The lowest BCUT2D eigenvalue weighted by atomic mass is 9.90. The molecule has 2 rings (SSSR count). The van der Waals surface area contributed by atoms with Crippen LogP contribution in [0, 0.1) is 17.8 Å². The van der Waals surface area contributed by atoms with E-state index < -0.39 is 9.84 Å². The summed E-state index contributed by atoms with van der Waals surface area (Å²) in [7, 11) is -3.08. The summed E-state index contributed by atoms with van der Waals surface area (Å²) in [6, 6.07) is 0. The summed E-state index contributed by atoms with van der Waals surface area (Å²) in [6.45, 7) is 0. The Morgan fingerprint density at radius 1 is 1.19 bits per heavy atom. The molecule has 0 radical (unpaired) electrons. The molecule has 0 aromatic heterocycles. The third-order valence-corrected chi connectivity index (χ3v) is 6.87. The van der Waals surface area contributed by atoms with Gasteiger partial charge in [-0.3, -0.25) is 4.79 Å². The third kappa shape index (κ3) is 2.12. The number of carbonyl (C=O) groups is 1. The summed E-state index contributed by atoms with van der Waals surface area (Å²) in [5, 5.41) is -0.593. The molecule has 0 N–H and O–H groups in total. The second kappa shape index (κ2) is 4.46. The molecule has 6 heteroatoms. The molecule has 2 bridgehead atoms. The van der Waals surface area contributed by atoms with Crippen molar-refractivity contribution in [3.05, 3.63) is 0 Å². The normalized spacial score (nSPS) is 37.9. The highest BCUT2D eigenvalue weighted by atomic mass is 35.5. The van der Waals surface area contributed by atoms with Crippen LogP contribution in [0.4, 0.5) is 0 Å². The third-order valence-electron chi connectivity index (χ3n) is 3.91. The van der Waals surface area contributed by atoms with E-state index in [4.69, 9.17) is 23.2 Å². The molecule has 2 aliphatic rings. The maximum Gasteiger partial charge on any atom is 0.225 e. The van der Waals surface area contributed by atoms with Gasteiger partial charge in [-0.15, -0.1) is 11.6 Å². The van der Waals surface area contributed by atoms with Crippen molar-refractivity contribution in [2.75, 3.05) is 11.6 Å². The van der Waals surface area contributed by atoms with Gasteiger partial charge in [0.1, 0.15) is 0 Å². The van der Waals surface area contributed by atoms with E-state index in [0.717, 1.165) is 6.42 Å². The average molecular weight is 285 g/mol. The van der Waals surface area contributed by atoms with E-state index in [1.54, 1.807) is 0 Å². The van der Waals surface area contributed by atoms with E-state index in [2.05, 4.69) is 0 Å². The molecule has 0 aliphatic heterocycles. The lowest BCUT2D eigenvalue weighted by Crippen LogP contribution is -2.33. The van der Waals surface area contributed by atoms with Crippen molar-refractivity contribution >= 4 is 38.3 Å². The number of carbonyl (C=O) groups excluding carboxylic acids is 1. The maximum absolute atomic E-state index is 11.9. The van der Waals surface area contributed by atoms with Crippen LogP contribution in [-0.2, 0) is 14.6 Å². The summed E-state index contributed by atoms with van der Waals surface area (Å²) < 4.78 is 23.8. The number of sulfone groups is 1. The lowest BCUT2D eigenvalue weighted by molar-refractivity contribution is -0.116. The fraction of sp³-hybridized carbons (Fsp3) is 0.900. The van der Waals surface area contributed by atoms with Crippen LogP contribution in [0.1, 0.15) is 19.3 Å². The van der Waals surface area contributed by atoms with Crippen molar-refractivity contribution < 1.29 is 13.2 Å². The Morgan fingerprint density at radius 3 is 2.31 bits per heavy atom. The van der Waals surface area contributed by atoms with Gasteiger partial charge in [-0.25, -0.2) is 8.42 Å². The Labute approximate surface area is 105 Å². The summed E-state index contributed by atoms with van der Waals surface area (Å²) in [4.78, 5) is 11.1. The van der Waals surface area contributed by atoms with Crippen LogP contribution in [0.25, 0.3) is 0 Å². The topological polar surface area (TPSA) is 51.2 Å². The van der Waals surface area contributed by atoms with Gasteiger partial charge in [-0.1, -0.05) is 0 Å². The molecule has 0 amide bonds. The van der Waals surface area contributed by atoms with Crippen LogP contribution >= 0.6 is 23.2 Å². The van der Waals surface area contributed by atoms with Gasteiger partial charge in [0.25, 0.3) is 0 Å². The van der Waals surface area contributed by atoms with Gasteiger partial charge in [-0.2, -0.15) is 0 Å². The number of fused-ring (bicyclic) bond motifs is 2. The van der Waals surface area contributed by atoms with Crippen LogP contribution in [0.15, 0.2) is 0 Å². The molecule has 16 heavy (non-hydrogen) atoms. The minimum atomic E-state index is -3.08. The number of hydrogen-bond acceptors (Lipinski definition) is 3. The predicted molar refractivity (Wildman–Crippen MR) is 63.5 cm³/mol. The van der Waals surface area contributed by atoms with Crippen molar-refractivity contribution in [3.8, 4) is 0 Å². The van der Waals surface area contributed by atoms with E-state index in [9.17, 15) is 13.2 Å². The van der Waals surface area contributed by atoms with Gasteiger partial charge < -0.3 is 0 Å². The van der Waals surface area contributed by atoms with Crippen LogP contribution in [0.3, 0.4) is 0 Å². The molecule has 2 aliphatic carbocycles. The molecule has 92 valence electrons. The molecule has 3 nitrogen and oxygen atoms in total. The predicted octanol–water partition coefficient (Wildman–Crippen LogP) is 1.82. The first-order valence-corrected chi connectivity index (χ1v) is 8.05. The summed E-state index contributed by atoms with van der Waals surface area (Å²) >= 11 is 11.0. The summed E-state index contributed by atoms with van der Waals surface area (Å²) in [5.74, 6) is 0.362. The Bertz CT molecular complexity index is 393. The monoisotopic (exact) mass is 284 g/mol. The first-order chi connectivity index (χ1) is 7.45. The van der Waals surface area contributed by atoms with E-state index >= 15 is 0 Å². The van der Waals surface area contributed by atoms with Crippen molar-refractivity contribution in [2.24, 2.45) is 17.8 Å². The van der Waals surface area contributed by atoms with Gasteiger partial charge in [0.2, 0.25) is 5.24 Å². The number of rotatable bonds is 4. The summed E-state index contributed by atoms with van der Waals surface area (Å²) in [5.41, 5.74) is 0. The van der Waals surface area contributed by atoms with Crippen molar-refractivity contribution in [1.29, 1.82) is 0 Å². The van der Waals surface area contributed by atoms with Crippen LogP contribution in [0.5, 0.6) is 0 Å². The number of alkyl halides is 1. The zero-order chi connectivity index (χ0) is 11.9. The number of hydrogen-bond donors (Lipinski definition) is 0. The van der Waals surface area contributed by atoms with Crippen molar-refractivity contribution in [2.45, 2.75) is 24.5 Å². The van der Waals surface area contributed by atoms with Crippen LogP contribution in [0.2, 0.25) is 0 Å². The Hall–Kier alpha value is 0.200. The largest absolute Gasteiger partial charge is 0.281 e. The van der Waals surface area contributed by atoms with E-state index in [1.165, 1.54) is 0 Å². The average Bonchev–Trinajstić information content (AvgIpc) is 2.75. The lowest BCUT2D eigenvalue weighted by Gasteiger charge is -2.25. The van der Waals surface area contributed by atoms with Crippen molar-refractivity contribution in [1.82, 2.24) is 0 Å². The molecule has 0 heterocycles. The van der Waals surface area contributed by atoms with E-state index in [1.807, 2.05) is 0 Å². The fourth-order valence-electron chi connectivity index (χ4n) is 3.20. The smallest absolute Gasteiger partial charge is 0.225 e. The van der Waals surface area contributed by atoms with E-state index in [0.29, 0.717) is 12.8 Å². The SMILES string of the molecule is O=C(Cl)C1CC2CC1CC2S(=O)(=O)CCCl. The standard InChI is InChI=1S/C10H14Cl2O3S/c11-1-2-16(14,15)9-5-6-3-7(9)4-8(6)10(12)13/h6-9H,1-5H2. The minimum absolute atomic E-state index is 0.0436. The second-order valence-electron chi connectivity index (χ2n) is 4.73. The highest BCUT2D eigenvalue weighted by Gasteiger charge is 2.52. The molecule has 0 saturated heterocycles. The number of halogens is 2. The van der Waals surface area contributed by atoms with Gasteiger partial charge in [0.05, 0.1) is 11.0 Å². The fourth-order valence-corrected chi connectivity index (χ4v) is 5.98. The molecule has 0 spiro atoms. The zero-order valence-corrected chi connectivity index (χ0v) is 11.1. The second-order valence-corrected chi connectivity index (χ2v) is 7.82. The van der Waals surface area contributed by atoms with Gasteiger partial charge in [-0.05, 0) is 42.7 Å². The zero-order valence-electron chi connectivity index (χ0n) is 8.73. The molecular formula is C10H14Cl2O3S. The first-order valence-electron chi connectivity index (χ1n) is 5.42. The molecule has 0 aromatic carbocycles. The molecule has 4 atom stereocenters. The van der Waals surface area contributed by atoms with Crippen LogP contribution in [-0.4, -0.2) is 30.5 Å². The molecule has 2 fully saturated rings. The highest BCUT2D eigenvalue weighted by Crippen LogP contribution is 2.51. The van der Waals surface area contributed by atoms with Crippen molar-refractivity contribution in [3.63, 3.8) is 0 Å². The van der Waals surface area contributed by atoms with E-state index in [-0.39, 0.29) is 39.9 Å². The molecular weight excluding hydrogens is 271 g/mol. The molecule has 2 saturated carbocycles. The Morgan fingerprint density at radius 2 is 1.88 bits per heavy atom. The maximum atomic E-state index is 11.9. The molecule has 4 unspecified atom stereocenters. The quantitative estimate of drug-likeness (QED) is 0.585. The summed E-state index contributed by atoms with van der Waals surface area (Å²) in [6.07, 6.45) is 2.06.